The van der Waals surface area contributed by atoms with Gasteiger partial charge in [-0.2, -0.15) is 14.6 Å². The van der Waals surface area contributed by atoms with Crippen molar-refractivity contribution in [3.05, 3.63) is 41.2 Å². The fourth-order valence-corrected chi connectivity index (χ4v) is 2.93. The molecule has 0 bridgehead atoms. The first-order valence-electron chi connectivity index (χ1n) is 8.31. The van der Waals surface area contributed by atoms with Crippen molar-refractivity contribution >= 4 is 5.82 Å². The Labute approximate surface area is 146 Å². The minimum absolute atomic E-state index is 0.0428. The third-order valence-corrected chi connectivity index (χ3v) is 4.37. The highest BCUT2D eigenvalue weighted by molar-refractivity contribution is 5.42. The van der Waals surface area contributed by atoms with Crippen molar-refractivity contribution in [2.75, 3.05) is 24.6 Å². The fourth-order valence-electron chi connectivity index (χ4n) is 2.93. The Morgan fingerprint density at radius 1 is 1.28 bits per heavy atom. The summed E-state index contributed by atoms with van der Waals surface area (Å²) in [4.78, 5) is 14.5. The van der Waals surface area contributed by atoms with E-state index in [-0.39, 0.29) is 5.88 Å². The van der Waals surface area contributed by atoms with Crippen LogP contribution in [0.2, 0.25) is 0 Å². The van der Waals surface area contributed by atoms with Gasteiger partial charge < -0.3 is 9.64 Å². The molecular weight excluding hydrogens is 321 g/mol. The van der Waals surface area contributed by atoms with Gasteiger partial charge in [-0.1, -0.05) is 0 Å². The van der Waals surface area contributed by atoms with Gasteiger partial charge in [0.2, 0.25) is 5.82 Å². The highest BCUT2D eigenvalue weighted by Gasteiger charge is 2.22. The zero-order chi connectivity index (χ0) is 17.8. The van der Waals surface area contributed by atoms with Gasteiger partial charge in [-0.15, -0.1) is 0 Å². The molecule has 3 rings (SSSR count). The second-order valence-corrected chi connectivity index (χ2v) is 6.23. The Hall–Kier alpha value is -2.75. The molecule has 130 valence electrons. The van der Waals surface area contributed by atoms with E-state index in [9.17, 15) is 4.39 Å². The zero-order valence-electron chi connectivity index (χ0n) is 14.4. The van der Waals surface area contributed by atoms with Gasteiger partial charge in [0.1, 0.15) is 17.7 Å². The maximum Gasteiger partial charge on any atom is 0.254 e. The van der Waals surface area contributed by atoms with Crippen molar-refractivity contribution < 1.29 is 9.13 Å². The molecule has 0 N–H and O–H groups in total. The summed E-state index contributed by atoms with van der Waals surface area (Å²) in [5.41, 5.74) is 0.869. The molecular formula is C18H20FN5O. The van der Waals surface area contributed by atoms with E-state index >= 15 is 0 Å². The summed E-state index contributed by atoms with van der Waals surface area (Å²) in [7, 11) is 0. The molecule has 0 radical (unpaired) electrons. The van der Waals surface area contributed by atoms with Crippen LogP contribution in [0.4, 0.5) is 10.2 Å². The van der Waals surface area contributed by atoms with Crippen molar-refractivity contribution in [1.29, 1.82) is 5.26 Å². The van der Waals surface area contributed by atoms with E-state index in [0.29, 0.717) is 29.6 Å². The summed E-state index contributed by atoms with van der Waals surface area (Å²) < 4.78 is 19.6. The molecule has 0 aromatic carbocycles. The molecule has 1 aliphatic rings. The molecule has 0 amide bonds. The van der Waals surface area contributed by atoms with Crippen molar-refractivity contribution in [2.24, 2.45) is 5.92 Å². The fraction of sp³-hybridized carbons (Fsp3) is 0.444. The van der Waals surface area contributed by atoms with Crippen molar-refractivity contribution in [3.63, 3.8) is 0 Å². The van der Waals surface area contributed by atoms with E-state index in [2.05, 4.69) is 25.9 Å². The van der Waals surface area contributed by atoms with Gasteiger partial charge in [-0.3, -0.25) is 0 Å². The highest BCUT2D eigenvalue weighted by atomic mass is 19.1. The molecule has 7 heteroatoms. The van der Waals surface area contributed by atoms with Crippen LogP contribution < -0.4 is 9.64 Å². The van der Waals surface area contributed by atoms with Gasteiger partial charge in [0.15, 0.2) is 0 Å². The maximum atomic E-state index is 14.0. The number of rotatable bonds is 4. The summed E-state index contributed by atoms with van der Waals surface area (Å²) >= 11 is 0. The van der Waals surface area contributed by atoms with E-state index in [1.54, 1.807) is 26.1 Å². The topological polar surface area (TPSA) is 74.9 Å². The Balaban J connectivity index is 1.53. The van der Waals surface area contributed by atoms with Crippen LogP contribution >= 0.6 is 0 Å². The van der Waals surface area contributed by atoms with Crippen LogP contribution in [0.5, 0.6) is 5.88 Å². The lowest BCUT2D eigenvalue weighted by atomic mass is 9.98. The largest absolute Gasteiger partial charge is 0.475 e. The molecule has 2 aromatic rings. The van der Waals surface area contributed by atoms with E-state index in [1.165, 1.54) is 0 Å². The van der Waals surface area contributed by atoms with Crippen LogP contribution in [0.25, 0.3) is 0 Å². The van der Waals surface area contributed by atoms with Crippen molar-refractivity contribution in [2.45, 2.75) is 26.7 Å². The van der Waals surface area contributed by atoms with Crippen LogP contribution in [0, 0.1) is 36.9 Å². The van der Waals surface area contributed by atoms with E-state index in [0.717, 1.165) is 31.7 Å². The molecule has 0 unspecified atom stereocenters. The lowest BCUT2D eigenvalue weighted by Gasteiger charge is -2.32. The smallest absolute Gasteiger partial charge is 0.254 e. The number of aryl methyl sites for hydroxylation is 2. The summed E-state index contributed by atoms with van der Waals surface area (Å²) in [6.45, 7) is 5.50. The first-order valence-corrected chi connectivity index (χ1v) is 8.31. The monoisotopic (exact) mass is 341 g/mol. The first kappa shape index (κ1) is 17.1. The summed E-state index contributed by atoms with van der Waals surface area (Å²) in [6.07, 6.45) is 3.46. The Kier molecular flexibility index (Phi) is 5.08. The molecule has 2 aromatic heterocycles. The number of nitrogens with zero attached hydrogens (tertiary/aromatic N) is 5. The number of ether oxygens (including phenoxy) is 1. The summed E-state index contributed by atoms with van der Waals surface area (Å²) in [5, 5.41) is 8.83. The quantitative estimate of drug-likeness (QED) is 0.851. The predicted octanol–water partition coefficient (Wildman–Crippen LogP) is 2.79. The number of hydrogen-bond donors (Lipinski definition) is 0. The van der Waals surface area contributed by atoms with Crippen LogP contribution in [0.3, 0.4) is 0 Å². The van der Waals surface area contributed by atoms with Crippen molar-refractivity contribution in [3.8, 4) is 11.9 Å². The van der Waals surface area contributed by atoms with Gasteiger partial charge in [0.05, 0.1) is 17.9 Å². The minimum Gasteiger partial charge on any atom is -0.475 e. The molecule has 0 aliphatic carbocycles. The Morgan fingerprint density at radius 2 is 2.04 bits per heavy atom. The number of aromatic nitrogens is 3. The van der Waals surface area contributed by atoms with Gasteiger partial charge in [-0.05, 0) is 44.7 Å². The highest BCUT2D eigenvalue weighted by Crippen LogP contribution is 2.24. The third-order valence-electron chi connectivity index (χ3n) is 4.37. The van der Waals surface area contributed by atoms with E-state index < -0.39 is 5.82 Å². The van der Waals surface area contributed by atoms with Crippen LogP contribution in [0.15, 0.2) is 18.3 Å². The van der Waals surface area contributed by atoms with Crippen LogP contribution in [-0.4, -0.2) is 34.6 Å². The number of pyridine rings is 1. The number of hydrogen-bond acceptors (Lipinski definition) is 6. The predicted molar refractivity (Wildman–Crippen MR) is 90.8 cm³/mol. The Morgan fingerprint density at radius 3 is 2.68 bits per heavy atom. The van der Waals surface area contributed by atoms with Crippen LogP contribution in [0.1, 0.15) is 29.9 Å². The zero-order valence-corrected chi connectivity index (χ0v) is 14.4. The van der Waals surface area contributed by atoms with Gasteiger partial charge in [-0.25, -0.2) is 9.97 Å². The van der Waals surface area contributed by atoms with Gasteiger partial charge >= 0.3 is 0 Å². The van der Waals surface area contributed by atoms with E-state index in [4.69, 9.17) is 10.00 Å². The lowest BCUT2D eigenvalue weighted by molar-refractivity contribution is 0.206. The molecule has 0 spiro atoms. The number of piperidine rings is 1. The standard InChI is InChI=1S/C18H20FN5O/c1-12-17(19)18(23-13(2)22-12)25-11-14-5-7-24(8-6-14)16-4-3-15(9-20)10-21-16/h3-4,10,14H,5-8,11H2,1-2H3. The average Bonchev–Trinajstić information content (AvgIpc) is 2.64. The molecule has 0 atom stereocenters. The second kappa shape index (κ2) is 7.43. The number of anilines is 1. The molecule has 3 heterocycles. The van der Waals surface area contributed by atoms with Crippen molar-refractivity contribution in [1.82, 2.24) is 15.0 Å². The molecule has 1 saturated heterocycles. The molecule has 25 heavy (non-hydrogen) atoms. The Bertz CT molecular complexity index is 779. The average molecular weight is 341 g/mol. The van der Waals surface area contributed by atoms with Gasteiger partial charge in [0, 0.05) is 19.3 Å². The molecule has 1 fully saturated rings. The van der Waals surface area contributed by atoms with Crippen LogP contribution in [-0.2, 0) is 0 Å². The molecule has 0 saturated carbocycles. The van der Waals surface area contributed by atoms with Gasteiger partial charge in [0.25, 0.3) is 5.88 Å². The van der Waals surface area contributed by atoms with E-state index in [1.807, 2.05) is 6.07 Å². The number of nitriles is 1. The maximum absolute atomic E-state index is 14.0. The summed E-state index contributed by atoms with van der Waals surface area (Å²) in [6, 6.07) is 5.72. The minimum atomic E-state index is -0.482. The lowest BCUT2D eigenvalue weighted by Crippen LogP contribution is -2.36. The number of halogens is 1. The first-order chi connectivity index (χ1) is 12.1. The second-order valence-electron chi connectivity index (χ2n) is 6.23. The third kappa shape index (κ3) is 4.02. The SMILES string of the molecule is Cc1nc(C)c(F)c(OCC2CCN(c3ccc(C#N)cn3)CC2)n1. The normalized spacial score (nSPS) is 15.0. The molecule has 6 nitrogen and oxygen atoms in total. The molecule has 1 aliphatic heterocycles. The summed E-state index contributed by atoms with van der Waals surface area (Å²) in [5.74, 6) is 1.30.